The Balaban J connectivity index is 1.37. The summed E-state index contributed by atoms with van der Waals surface area (Å²) in [5.41, 5.74) is 0.784. The lowest BCUT2D eigenvalue weighted by Gasteiger charge is -2.34. The topological polar surface area (TPSA) is 62.5 Å². The van der Waals surface area contributed by atoms with Crippen molar-refractivity contribution in [2.24, 2.45) is 4.99 Å². The summed E-state index contributed by atoms with van der Waals surface area (Å²) in [6.07, 6.45) is -1.12. The van der Waals surface area contributed by atoms with E-state index >= 15 is 0 Å². The third-order valence-corrected chi connectivity index (χ3v) is 7.27. The van der Waals surface area contributed by atoms with Gasteiger partial charge in [-0.3, -0.25) is 9.48 Å². The van der Waals surface area contributed by atoms with Crippen molar-refractivity contribution in [3.8, 4) is 0 Å². The first kappa shape index (κ1) is 23.9. The van der Waals surface area contributed by atoms with Gasteiger partial charge in [0.2, 0.25) is 0 Å². The molecule has 1 aromatic heterocycles. The smallest absolute Gasteiger partial charge is 0.346 e. The molecule has 2 aliphatic rings. The SMILES string of the molecule is C[C@H]1CNCCN1C1=NC(=O)/C(=C/c2ccc3c(cnn3Cc3ccc(Cl)cc3C(F)(F)F)c2)S1. The first-order valence-electron chi connectivity index (χ1n) is 11.0. The molecule has 5 rings (SSSR count). The number of alkyl halides is 3. The Labute approximate surface area is 208 Å². The van der Waals surface area contributed by atoms with Gasteiger partial charge in [-0.1, -0.05) is 23.7 Å². The molecule has 0 spiro atoms. The quantitative estimate of drug-likeness (QED) is 0.492. The number of fused-ring (bicyclic) bond motifs is 1. The van der Waals surface area contributed by atoms with Crippen LogP contribution < -0.4 is 5.32 Å². The van der Waals surface area contributed by atoms with Crippen LogP contribution in [-0.4, -0.2) is 51.4 Å². The van der Waals surface area contributed by atoms with E-state index in [0.717, 1.165) is 36.7 Å². The number of benzene rings is 2. The fourth-order valence-electron chi connectivity index (χ4n) is 4.23. The second kappa shape index (κ2) is 9.33. The lowest BCUT2D eigenvalue weighted by atomic mass is 10.1. The van der Waals surface area contributed by atoms with Crippen LogP contribution in [0.2, 0.25) is 5.02 Å². The Bertz CT molecular complexity index is 1370. The Hall–Kier alpha value is -2.82. The van der Waals surface area contributed by atoms with Gasteiger partial charge in [0.05, 0.1) is 28.7 Å². The summed E-state index contributed by atoms with van der Waals surface area (Å²) in [6, 6.07) is 9.47. The van der Waals surface area contributed by atoms with Crippen LogP contribution in [0.3, 0.4) is 0 Å². The van der Waals surface area contributed by atoms with Gasteiger partial charge >= 0.3 is 6.18 Å². The Morgan fingerprint density at radius 2 is 2.09 bits per heavy atom. The van der Waals surface area contributed by atoms with Crippen LogP contribution in [0.5, 0.6) is 0 Å². The lowest BCUT2D eigenvalue weighted by molar-refractivity contribution is -0.138. The van der Waals surface area contributed by atoms with Gasteiger partial charge < -0.3 is 10.2 Å². The van der Waals surface area contributed by atoms with Crippen molar-refractivity contribution < 1.29 is 18.0 Å². The first-order valence-corrected chi connectivity index (χ1v) is 12.2. The number of amides is 1. The molecule has 11 heteroatoms. The number of hydrogen-bond acceptors (Lipinski definition) is 5. The number of halogens is 4. The minimum Gasteiger partial charge on any atom is -0.346 e. The number of hydrogen-bond donors (Lipinski definition) is 1. The van der Waals surface area contributed by atoms with Crippen LogP contribution in [0.1, 0.15) is 23.6 Å². The van der Waals surface area contributed by atoms with Crippen LogP contribution >= 0.6 is 23.4 Å². The zero-order chi connectivity index (χ0) is 24.7. The van der Waals surface area contributed by atoms with E-state index in [4.69, 9.17) is 11.6 Å². The maximum atomic E-state index is 13.5. The van der Waals surface area contributed by atoms with Crippen LogP contribution in [0.4, 0.5) is 13.2 Å². The second-order valence-electron chi connectivity index (χ2n) is 8.48. The standard InChI is InChI=1S/C24H21ClF3N5OS/c1-14-11-29-6-7-32(14)23-31-22(34)21(35-23)9-15-2-5-20-17(8-15)12-30-33(20)13-16-3-4-18(25)10-19(16)24(26,27)28/h2-5,8-10,12,14,29H,6-7,11,13H2,1H3/b21-9-/t14-/m0/s1. The monoisotopic (exact) mass is 519 g/mol. The summed E-state index contributed by atoms with van der Waals surface area (Å²) >= 11 is 7.15. The summed E-state index contributed by atoms with van der Waals surface area (Å²) in [4.78, 5) is 19.4. The highest BCUT2D eigenvalue weighted by molar-refractivity contribution is 8.18. The molecule has 1 fully saturated rings. The van der Waals surface area contributed by atoms with Gasteiger partial charge in [0, 0.05) is 36.1 Å². The van der Waals surface area contributed by atoms with Crippen molar-refractivity contribution in [3.63, 3.8) is 0 Å². The summed E-state index contributed by atoms with van der Waals surface area (Å²) in [5, 5.41) is 9.12. The molecule has 0 unspecified atom stereocenters. The van der Waals surface area contributed by atoms with Gasteiger partial charge in [-0.2, -0.15) is 23.3 Å². The van der Waals surface area contributed by atoms with E-state index in [2.05, 4.69) is 27.2 Å². The van der Waals surface area contributed by atoms with Gasteiger partial charge in [0.25, 0.3) is 5.91 Å². The summed E-state index contributed by atoms with van der Waals surface area (Å²) in [6.45, 7) is 4.52. The highest BCUT2D eigenvalue weighted by atomic mass is 35.5. The highest BCUT2D eigenvalue weighted by Gasteiger charge is 2.34. The van der Waals surface area contributed by atoms with Crippen molar-refractivity contribution in [2.45, 2.75) is 25.7 Å². The highest BCUT2D eigenvalue weighted by Crippen LogP contribution is 2.35. The number of carbonyl (C=O) groups excluding carboxylic acids is 1. The maximum Gasteiger partial charge on any atom is 0.416 e. The van der Waals surface area contributed by atoms with E-state index in [1.165, 1.54) is 28.6 Å². The summed E-state index contributed by atoms with van der Waals surface area (Å²) < 4.78 is 42.0. The number of thioether (sulfide) groups is 1. The van der Waals surface area contributed by atoms with Gasteiger partial charge in [-0.15, -0.1) is 0 Å². The number of carbonyl (C=O) groups is 1. The largest absolute Gasteiger partial charge is 0.416 e. The van der Waals surface area contributed by atoms with Gasteiger partial charge in [0.1, 0.15) is 0 Å². The van der Waals surface area contributed by atoms with E-state index in [-0.39, 0.29) is 29.1 Å². The molecular weight excluding hydrogens is 499 g/mol. The fraction of sp³-hybridized carbons (Fsp3) is 0.292. The van der Waals surface area contributed by atoms with Crippen molar-refractivity contribution >= 4 is 51.4 Å². The van der Waals surface area contributed by atoms with E-state index in [9.17, 15) is 18.0 Å². The third-order valence-electron chi connectivity index (χ3n) is 6.02. The molecule has 1 N–H and O–H groups in total. The lowest BCUT2D eigenvalue weighted by Crippen LogP contribution is -2.51. The van der Waals surface area contributed by atoms with E-state index in [1.54, 1.807) is 18.3 Å². The van der Waals surface area contributed by atoms with Crippen molar-refractivity contribution in [3.05, 3.63) is 69.2 Å². The number of aromatic nitrogens is 2. The van der Waals surface area contributed by atoms with Crippen LogP contribution in [0.25, 0.3) is 17.0 Å². The number of aliphatic imine (C=N–C) groups is 1. The molecule has 0 saturated carbocycles. The van der Waals surface area contributed by atoms with Crippen molar-refractivity contribution in [1.82, 2.24) is 20.0 Å². The normalized spacial score (nSPS) is 20.2. The molecule has 1 amide bonds. The average molecular weight is 520 g/mol. The second-order valence-corrected chi connectivity index (χ2v) is 9.92. The summed E-state index contributed by atoms with van der Waals surface area (Å²) in [7, 11) is 0. The number of amidine groups is 1. The number of rotatable bonds is 3. The van der Waals surface area contributed by atoms with Crippen molar-refractivity contribution in [1.29, 1.82) is 0 Å². The number of nitrogens with one attached hydrogen (secondary N) is 1. The van der Waals surface area contributed by atoms with E-state index in [0.29, 0.717) is 15.6 Å². The zero-order valence-corrected chi connectivity index (χ0v) is 20.2. The Kier molecular flexibility index (Phi) is 6.37. The number of piperazine rings is 1. The Morgan fingerprint density at radius 1 is 1.26 bits per heavy atom. The predicted molar refractivity (Wildman–Crippen MR) is 132 cm³/mol. The fourth-order valence-corrected chi connectivity index (χ4v) is 5.44. The molecular formula is C24H21ClF3N5OS. The van der Waals surface area contributed by atoms with Gasteiger partial charge in [-0.25, -0.2) is 0 Å². The number of nitrogens with zero attached hydrogens (tertiary/aromatic N) is 4. The Morgan fingerprint density at radius 3 is 2.86 bits per heavy atom. The van der Waals surface area contributed by atoms with E-state index < -0.39 is 11.7 Å². The van der Waals surface area contributed by atoms with Crippen molar-refractivity contribution in [2.75, 3.05) is 19.6 Å². The summed E-state index contributed by atoms with van der Waals surface area (Å²) in [5.74, 6) is -0.269. The molecule has 6 nitrogen and oxygen atoms in total. The van der Waals surface area contributed by atoms with Crippen LogP contribution in [-0.2, 0) is 17.5 Å². The predicted octanol–water partition coefficient (Wildman–Crippen LogP) is 5.02. The van der Waals surface area contributed by atoms with Crippen LogP contribution in [0, 0.1) is 0 Å². The molecule has 1 atom stereocenters. The molecule has 35 heavy (non-hydrogen) atoms. The molecule has 3 heterocycles. The average Bonchev–Trinajstić information content (AvgIpc) is 3.37. The molecule has 2 aliphatic heterocycles. The molecule has 3 aromatic rings. The molecule has 182 valence electrons. The third kappa shape index (κ3) is 4.96. The first-order chi connectivity index (χ1) is 16.7. The zero-order valence-electron chi connectivity index (χ0n) is 18.6. The molecule has 1 saturated heterocycles. The van der Waals surface area contributed by atoms with E-state index in [1.807, 2.05) is 12.1 Å². The minimum absolute atomic E-state index is 0.0296. The maximum absolute atomic E-state index is 13.5. The molecule has 0 bridgehead atoms. The molecule has 0 aliphatic carbocycles. The van der Waals surface area contributed by atoms with Crippen LogP contribution in [0.15, 0.2) is 52.5 Å². The van der Waals surface area contributed by atoms with Gasteiger partial charge in [-0.05, 0) is 60.2 Å². The minimum atomic E-state index is -4.52. The molecule has 2 aromatic carbocycles. The van der Waals surface area contributed by atoms with Gasteiger partial charge in [0.15, 0.2) is 5.17 Å². The molecule has 0 radical (unpaired) electrons.